The van der Waals surface area contributed by atoms with Gasteiger partial charge in [-0.25, -0.2) is 4.79 Å². The lowest BCUT2D eigenvalue weighted by molar-refractivity contribution is -0.142. The number of benzene rings is 2. The van der Waals surface area contributed by atoms with E-state index in [0.29, 0.717) is 5.92 Å². The minimum atomic E-state index is -0.542. The van der Waals surface area contributed by atoms with E-state index in [1.807, 2.05) is 42.5 Å². The summed E-state index contributed by atoms with van der Waals surface area (Å²) in [5, 5.41) is 2.95. The van der Waals surface area contributed by atoms with Crippen LogP contribution in [0.4, 0.5) is 5.69 Å². The third-order valence-corrected chi connectivity index (χ3v) is 5.00. The molecule has 0 unspecified atom stereocenters. The quantitative estimate of drug-likeness (QED) is 0.415. The summed E-state index contributed by atoms with van der Waals surface area (Å²) < 4.78 is 5.12. The number of amides is 1. The second kappa shape index (κ2) is 10.8. The van der Waals surface area contributed by atoms with Gasteiger partial charge in [-0.05, 0) is 46.1 Å². The van der Waals surface area contributed by atoms with Crippen molar-refractivity contribution < 1.29 is 14.3 Å². The van der Waals surface area contributed by atoms with Crippen LogP contribution in [0.1, 0.15) is 81.5 Å². The van der Waals surface area contributed by atoms with E-state index in [-0.39, 0.29) is 24.3 Å². The number of ether oxygens (including phenoxy) is 1. The Labute approximate surface area is 180 Å². The number of para-hydroxylation sites is 1. The molecule has 0 heterocycles. The third-order valence-electron chi connectivity index (χ3n) is 5.00. The van der Waals surface area contributed by atoms with Crippen LogP contribution in [0.3, 0.4) is 0 Å². The zero-order valence-electron chi connectivity index (χ0n) is 18.9. The molecule has 0 aliphatic heterocycles. The molecule has 0 aliphatic carbocycles. The summed E-state index contributed by atoms with van der Waals surface area (Å²) in [7, 11) is 0. The Morgan fingerprint density at radius 2 is 1.43 bits per heavy atom. The van der Waals surface area contributed by atoms with E-state index in [2.05, 4.69) is 46.9 Å². The van der Waals surface area contributed by atoms with Crippen LogP contribution in [0.2, 0.25) is 0 Å². The summed E-state index contributed by atoms with van der Waals surface area (Å²) in [6.45, 7) is 12.3. The molecule has 30 heavy (non-hydrogen) atoms. The number of rotatable bonds is 8. The zero-order valence-corrected chi connectivity index (χ0v) is 18.9. The van der Waals surface area contributed by atoms with Crippen molar-refractivity contribution in [3.8, 4) is 0 Å². The van der Waals surface area contributed by atoms with Crippen molar-refractivity contribution in [2.45, 2.75) is 59.3 Å². The van der Waals surface area contributed by atoms with Gasteiger partial charge in [0.25, 0.3) is 5.91 Å². The molecule has 1 amide bonds. The van der Waals surface area contributed by atoms with Gasteiger partial charge in [0, 0.05) is 11.8 Å². The van der Waals surface area contributed by atoms with Crippen molar-refractivity contribution in [3.05, 3.63) is 70.8 Å². The molecule has 0 atom stereocenters. The lowest BCUT2D eigenvalue weighted by Gasteiger charge is -2.20. The van der Waals surface area contributed by atoms with E-state index in [0.717, 1.165) is 22.4 Å². The highest BCUT2D eigenvalue weighted by atomic mass is 16.5. The van der Waals surface area contributed by atoms with Crippen LogP contribution < -0.4 is 5.32 Å². The second-order valence-electron chi connectivity index (χ2n) is 8.43. The molecule has 2 rings (SSSR count). The molecule has 4 heteroatoms. The Balaban J connectivity index is 1.97. The van der Waals surface area contributed by atoms with Crippen molar-refractivity contribution in [3.63, 3.8) is 0 Å². The number of carbonyl (C=O) groups is 2. The first-order valence-electron chi connectivity index (χ1n) is 10.6. The second-order valence-corrected chi connectivity index (χ2v) is 8.43. The highest BCUT2D eigenvalue weighted by Gasteiger charge is 2.16. The average molecular weight is 408 g/mol. The highest BCUT2D eigenvalue weighted by molar-refractivity contribution is 5.96. The van der Waals surface area contributed by atoms with Crippen LogP contribution in [-0.4, -0.2) is 18.5 Å². The van der Waals surface area contributed by atoms with Crippen molar-refractivity contribution in [2.75, 3.05) is 11.9 Å². The fourth-order valence-corrected chi connectivity index (χ4v) is 3.21. The summed E-state index contributed by atoms with van der Waals surface area (Å²) in [6.07, 6.45) is 3.04. The van der Waals surface area contributed by atoms with E-state index >= 15 is 0 Å². The van der Waals surface area contributed by atoms with E-state index < -0.39 is 5.97 Å². The fraction of sp³-hybridized carbons (Fsp3) is 0.385. The van der Waals surface area contributed by atoms with Crippen LogP contribution >= 0.6 is 0 Å². The van der Waals surface area contributed by atoms with Crippen molar-refractivity contribution in [2.24, 2.45) is 0 Å². The Bertz CT molecular complexity index is 867. The number of hydrogen-bond acceptors (Lipinski definition) is 3. The van der Waals surface area contributed by atoms with Gasteiger partial charge in [0.05, 0.1) is 0 Å². The number of hydrogen-bond donors (Lipinski definition) is 1. The van der Waals surface area contributed by atoms with E-state index in [4.69, 9.17) is 4.74 Å². The maximum atomic E-state index is 12.4. The summed E-state index contributed by atoms with van der Waals surface area (Å²) in [5.41, 5.74) is 5.13. The predicted molar refractivity (Wildman–Crippen MR) is 124 cm³/mol. The molecule has 0 radical (unpaired) electrons. The van der Waals surface area contributed by atoms with Gasteiger partial charge in [-0.1, -0.05) is 84.0 Å². The number of esters is 1. The molecule has 0 fully saturated rings. The van der Waals surface area contributed by atoms with E-state index in [1.165, 1.54) is 11.6 Å². The standard InChI is InChI=1S/C26H33NO3/c1-17(2)21-13-10-20(11-14-21)12-15-25(29)30-16-24(28)27-26-22(18(3)4)8-7-9-23(26)19(5)6/h7-15,17-19H,16H2,1-6H3,(H,27,28)/b15-12+. The molecule has 0 aromatic heterocycles. The van der Waals surface area contributed by atoms with Crippen molar-refractivity contribution in [1.82, 2.24) is 0 Å². The Morgan fingerprint density at radius 1 is 0.867 bits per heavy atom. The molecular formula is C26H33NO3. The molecule has 160 valence electrons. The number of carbonyl (C=O) groups excluding carboxylic acids is 2. The van der Waals surface area contributed by atoms with Crippen LogP contribution in [0.15, 0.2) is 48.5 Å². The Morgan fingerprint density at radius 3 is 1.93 bits per heavy atom. The zero-order chi connectivity index (χ0) is 22.3. The topological polar surface area (TPSA) is 55.4 Å². The molecule has 4 nitrogen and oxygen atoms in total. The predicted octanol–water partition coefficient (Wildman–Crippen LogP) is 6.25. The SMILES string of the molecule is CC(C)c1ccc(/C=C/C(=O)OCC(=O)Nc2c(C(C)C)cccc2C(C)C)cc1. The summed E-state index contributed by atoms with van der Waals surface area (Å²) >= 11 is 0. The average Bonchev–Trinajstić information content (AvgIpc) is 2.70. The normalized spacial score (nSPS) is 11.5. The molecule has 0 bridgehead atoms. The van der Waals surface area contributed by atoms with Crippen LogP contribution in [0, 0.1) is 0 Å². The number of anilines is 1. The van der Waals surface area contributed by atoms with Gasteiger partial charge in [0.1, 0.15) is 0 Å². The molecule has 1 N–H and O–H groups in total. The molecule has 0 saturated heterocycles. The van der Waals surface area contributed by atoms with Gasteiger partial charge in [-0.2, -0.15) is 0 Å². The van der Waals surface area contributed by atoms with Crippen LogP contribution in [0.25, 0.3) is 6.08 Å². The largest absolute Gasteiger partial charge is 0.452 e. The Kier molecular flexibility index (Phi) is 8.40. The van der Waals surface area contributed by atoms with Crippen molar-refractivity contribution in [1.29, 1.82) is 0 Å². The third kappa shape index (κ3) is 6.58. The van der Waals surface area contributed by atoms with Crippen LogP contribution in [-0.2, 0) is 14.3 Å². The van der Waals surface area contributed by atoms with Gasteiger partial charge in [0.2, 0.25) is 0 Å². The first-order valence-corrected chi connectivity index (χ1v) is 10.6. The molecule has 2 aromatic rings. The van der Waals surface area contributed by atoms with E-state index in [1.54, 1.807) is 6.08 Å². The van der Waals surface area contributed by atoms with Gasteiger partial charge in [-0.15, -0.1) is 0 Å². The minimum Gasteiger partial charge on any atom is -0.452 e. The Hall–Kier alpha value is -2.88. The summed E-state index contributed by atoms with van der Waals surface area (Å²) in [4.78, 5) is 24.4. The smallest absolute Gasteiger partial charge is 0.331 e. The number of nitrogens with one attached hydrogen (secondary N) is 1. The molecule has 0 aliphatic rings. The minimum absolute atomic E-state index is 0.270. The first-order chi connectivity index (χ1) is 14.2. The van der Waals surface area contributed by atoms with Gasteiger partial charge < -0.3 is 10.1 Å². The van der Waals surface area contributed by atoms with Crippen molar-refractivity contribution >= 4 is 23.6 Å². The maximum Gasteiger partial charge on any atom is 0.331 e. The maximum absolute atomic E-state index is 12.4. The van der Waals surface area contributed by atoms with Gasteiger partial charge in [-0.3, -0.25) is 4.79 Å². The fourth-order valence-electron chi connectivity index (χ4n) is 3.21. The van der Waals surface area contributed by atoms with Gasteiger partial charge in [0.15, 0.2) is 6.61 Å². The first kappa shape index (κ1) is 23.4. The molecule has 2 aromatic carbocycles. The van der Waals surface area contributed by atoms with Gasteiger partial charge >= 0.3 is 5.97 Å². The van der Waals surface area contributed by atoms with E-state index in [9.17, 15) is 9.59 Å². The monoisotopic (exact) mass is 407 g/mol. The lowest BCUT2D eigenvalue weighted by atomic mass is 9.92. The molecule has 0 saturated carbocycles. The summed E-state index contributed by atoms with van der Waals surface area (Å²) in [6, 6.07) is 14.1. The lowest BCUT2D eigenvalue weighted by Crippen LogP contribution is -2.22. The highest BCUT2D eigenvalue weighted by Crippen LogP contribution is 2.32. The van der Waals surface area contributed by atoms with Crippen LogP contribution in [0.5, 0.6) is 0 Å². The molecule has 0 spiro atoms. The summed E-state index contributed by atoms with van der Waals surface area (Å²) in [5.74, 6) is 0.119. The molecular weight excluding hydrogens is 374 g/mol.